The van der Waals surface area contributed by atoms with Crippen molar-refractivity contribution in [3.05, 3.63) is 216 Å². The van der Waals surface area contributed by atoms with Crippen molar-refractivity contribution in [3.63, 3.8) is 0 Å². The zero-order chi connectivity index (χ0) is 57.6. The number of carbonyl (C=O) groups excluding carboxylic acids is 6. The van der Waals surface area contributed by atoms with Gasteiger partial charge in [-0.2, -0.15) is 0 Å². The first-order valence-electron chi connectivity index (χ1n) is 26.1. The summed E-state index contributed by atoms with van der Waals surface area (Å²) in [4.78, 5) is 77.4. The monoisotopic (exact) mass is 1080 g/mol. The Morgan fingerprint density at radius 1 is 0.338 bits per heavy atom. The van der Waals surface area contributed by atoms with Crippen molar-refractivity contribution in [1.29, 1.82) is 0 Å². The number of carbonyl (C=O) groups is 6. The Bertz CT molecular complexity index is 2980. The predicted molar refractivity (Wildman–Crippen MR) is 310 cm³/mol. The Morgan fingerprint density at radius 3 is 0.762 bits per heavy atom. The number of anilines is 6. The van der Waals surface area contributed by atoms with E-state index in [4.69, 9.17) is 18.9 Å². The molecular weight excluding hydrogens is 1010 g/mol. The lowest BCUT2D eigenvalue weighted by molar-refractivity contribution is -0.145. The molecule has 0 saturated heterocycles. The van der Waals surface area contributed by atoms with Crippen molar-refractivity contribution in [3.8, 4) is 11.1 Å². The molecule has 0 aliphatic carbocycles. The Balaban J connectivity index is 1.23. The molecule has 0 bridgehead atoms. The molecule has 0 heterocycles. The molecule has 6 aromatic carbocycles. The van der Waals surface area contributed by atoms with Gasteiger partial charge in [0.25, 0.3) is 0 Å². The van der Waals surface area contributed by atoms with E-state index in [0.29, 0.717) is 25.7 Å². The highest BCUT2D eigenvalue weighted by Gasteiger charge is 2.18. The summed E-state index contributed by atoms with van der Waals surface area (Å²) in [5, 5.41) is 0. The Kier molecular flexibility index (Phi) is 22.5. The van der Waals surface area contributed by atoms with Crippen molar-refractivity contribution in [1.82, 2.24) is 0 Å². The molecule has 14 heteroatoms. The van der Waals surface area contributed by atoms with Crippen LogP contribution in [-0.2, 0) is 82.9 Å². The summed E-state index contributed by atoms with van der Waals surface area (Å²) in [5.74, 6) is -2.76. The van der Waals surface area contributed by atoms with Gasteiger partial charge in [-0.05, 0) is 157 Å². The first-order valence-corrected chi connectivity index (χ1v) is 26.1. The molecule has 0 radical (unpaired) electrons. The molecule has 0 aliphatic rings. The summed E-state index contributed by atoms with van der Waals surface area (Å²) in [6.45, 7) is 18.4. The van der Waals surface area contributed by atoms with E-state index in [9.17, 15) is 28.8 Å². The molecule has 0 spiro atoms. The Morgan fingerprint density at radius 2 is 0.550 bits per heavy atom. The van der Waals surface area contributed by atoms with Gasteiger partial charge in [0, 0.05) is 59.8 Å². The molecule has 0 atom stereocenters. The van der Waals surface area contributed by atoms with E-state index in [1.54, 1.807) is 0 Å². The topological polar surface area (TPSA) is 164 Å². The lowest BCUT2D eigenvalue weighted by Gasteiger charge is -2.27. The molecule has 0 amide bonds. The molecule has 6 aromatic rings. The van der Waals surface area contributed by atoms with Gasteiger partial charge in [0.15, 0.2) is 0 Å². The van der Waals surface area contributed by atoms with Crippen LogP contribution in [0.5, 0.6) is 0 Å². The number of methoxy groups -OCH3 is 2. The minimum Gasteiger partial charge on any atom is -0.466 e. The maximum absolute atomic E-state index is 12.5. The van der Waals surface area contributed by atoms with Gasteiger partial charge < -0.3 is 38.2 Å². The second-order valence-electron chi connectivity index (χ2n) is 19.2. The van der Waals surface area contributed by atoms with E-state index >= 15 is 0 Å². The van der Waals surface area contributed by atoms with Crippen LogP contribution in [0.4, 0.5) is 34.1 Å². The van der Waals surface area contributed by atoms with E-state index in [-0.39, 0.29) is 75.2 Å². The summed E-state index contributed by atoms with van der Waals surface area (Å²) in [6.07, 6.45) is 2.58. The van der Waals surface area contributed by atoms with Gasteiger partial charge in [0.2, 0.25) is 0 Å². The number of ether oxygens (including phenoxy) is 6. The fourth-order valence-corrected chi connectivity index (χ4v) is 8.17. The summed E-state index contributed by atoms with van der Waals surface area (Å²) in [7, 11) is 2.47. The summed E-state index contributed by atoms with van der Waals surface area (Å²) < 4.78 is 30.3. The van der Waals surface area contributed by atoms with Crippen molar-refractivity contribution in [2.45, 2.75) is 65.2 Å². The lowest BCUT2D eigenvalue weighted by atomic mass is 10.0. The summed E-state index contributed by atoms with van der Waals surface area (Å²) in [5.41, 5.74) is 12.8. The Hall–Kier alpha value is -9.30. The lowest BCUT2D eigenvalue weighted by Crippen LogP contribution is -2.14. The number of esters is 6. The SMILES string of the molecule is C=C(C)COC(=O)CCc1ccc(N(c2ccc(CCC(=O)OCC(=C)C)cc2)c2ccc(-c3ccc(N(c4ccc(CCC(=O)OCC(=C)C(=O)OC)cc4)c4ccc(CCC(=O)OCC(=C)C(=O)OC)cc4)cc3)cc2)cc1. The van der Waals surface area contributed by atoms with Crippen LogP contribution < -0.4 is 9.80 Å². The minimum absolute atomic E-state index is 0.0501. The summed E-state index contributed by atoms with van der Waals surface area (Å²) in [6, 6.07) is 48.5. The zero-order valence-electron chi connectivity index (χ0n) is 46.0. The third-order valence-electron chi connectivity index (χ3n) is 12.6. The number of hydrogen-bond donors (Lipinski definition) is 0. The van der Waals surface area contributed by atoms with Gasteiger partial charge in [-0.25, -0.2) is 9.59 Å². The molecular formula is C66H68N2O12. The molecule has 0 aliphatic heterocycles. The smallest absolute Gasteiger partial charge is 0.336 e. The molecule has 0 unspecified atom stereocenters. The van der Waals surface area contributed by atoms with Crippen LogP contribution in [0.2, 0.25) is 0 Å². The normalized spacial score (nSPS) is 10.6. The van der Waals surface area contributed by atoms with Crippen molar-refractivity contribution < 1.29 is 57.2 Å². The average Bonchev–Trinajstić information content (AvgIpc) is 3.52. The van der Waals surface area contributed by atoms with Crippen LogP contribution in [0.15, 0.2) is 194 Å². The predicted octanol–water partition coefficient (Wildman–Crippen LogP) is 12.8. The van der Waals surface area contributed by atoms with Gasteiger partial charge in [0.1, 0.15) is 26.4 Å². The Labute approximate surface area is 468 Å². The number of nitrogens with zero attached hydrogens (tertiary/aromatic N) is 2. The van der Waals surface area contributed by atoms with Gasteiger partial charge in [0.05, 0.1) is 25.4 Å². The van der Waals surface area contributed by atoms with E-state index in [1.807, 2.05) is 111 Å². The van der Waals surface area contributed by atoms with Gasteiger partial charge >= 0.3 is 35.8 Å². The minimum atomic E-state index is -0.637. The van der Waals surface area contributed by atoms with Gasteiger partial charge in [-0.15, -0.1) is 0 Å². The van der Waals surface area contributed by atoms with Crippen molar-refractivity contribution in [2.24, 2.45) is 0 Å². The van der Waals surface area contributed by atoms with Crippen LogP contribution in [0.3, 0.4) is 0 Å². The number of rotatable bonds is 29. The largest absolute Gasteiger partial charge is 0.466 e. The third-order valence-corrected chi connectivity index (χ3v) is 12.6. The quantitative estimate of drug-likeness (QED) is 0.0189. The highest BCUT2D eigenvalue weighted by molar-refractivity contribution is 5.89. The van der Waals surface area contributed by atoms with Crippen LogP contribution in [-0.4, -0.2) is 76.5 Å². The first-order chi connectivity index (χ1) is 38.5. The molecule has 0 fully saturated rings. The van der Waals surface area contributed by atoms with Gasteiger partial charge in [-0.3, -0.25) is 19.2 Å². The maximum Gasteiger partial charge on any atom is 0.336 e. The molecule has 0 saturated carbocycles. The third kappa shape index (κ3) is 18.4. The molecule has 0 aromatic heterocycles. The van der Waals surface area contributed by atoms with Crippen LogP contribution in [0.25, 0.3) is 11.1 Å². The molecule has 14 nitrogen and oxygen atoms in total. The van der Waals surface area contributed by atoms with E-state index < -0.39 is 23.9 Å². The molecule has 0 N–H and O–H groups in total. The average molecular weight is 1080 g/mol. The molecule has 80 heavy (non-hydrogen) atoms. The highest BCUT2D eigenvalue weighted by atomic mass is 16.6. The fraction of sp³-hybridized carbons (Fsp3) is 0.242. The standard InChI is InChI=1S/C66H68N2O12/c1-45(2)41-77-61(69)37-17-49-9-25-55(26-10-49)67(56-27-11-50(12-28-56)18-38-62(70)78-42-46(3)4)59-33-21-53(22-34-59)54-23-35-60(36-24-54)68(57-29-13-51(14-30-57)19-39-63(71)79-43-47(5)65(73)75-7)58-31-15-52(16-32-58)20-40-64(72)80-44-48(6)66(74)76-8/h9-16,21-36H,1,3,5-6,17-20,37-44H2,2,4,7-8H3. The fourth-order valence-electron chi connectivity index (χ4n) is 8.17. The van der Waals surface area contributed by atoms with Crippen LogP contribution in [0, 0.1) is 0 Å². The number of hydrogen-bond acceptors (Lipinski definition) is 14. The van der Waals surface area contributed by atoms with Crippen molar-refractivity contribution >= 4 is 69.9 Å². The van der Waals surface area contributed by atoms with Crippen molar-refractivity contribution in [2.75, 3.05) is 50.4 Å². The second-order valence-corrected chi connectivity index (χ2v) is 19.2. The highest BCUT2D eigenvalue weighted by Crippen LogP contribution is 2.39. The van der Waals surface area contributed by atoms with E-state index in [0.717, 1.165) is 78.7 Å². The number of benzene rings is 6. The van der Waals surface area contributed by atoms with E-state index in [1.165, 1.54) is 14.2 Å². The summed E-state index contributed by atoms with van der Waals surface area (Å²) >= 11 is 0. The number of aryl methyl sites for hydroxylation is 4. The van der Waals surface area contributed by atoms with E-state index in [2.05, 4.69) is 94.1 Å². The maximum atomic E-state index is 12.5. The molecule has 414 valence electrons. The molecule has 6 rings (SSSR count). The first kappa shape index (κ1) is 59.9. The van der Waals surface area contributed by atoms with Crippen LogP contribution >= 0.6 is 0 Å². The second kappa shape index (κ2) is 30.0. The van der Waals surface area contributed by atoms with Crippen LogP contribution in [0.1, 0.15) is 61.8 Å². The zero-order valence-corrected chi connectivity index (χ0v) is 46.0. The van der Waals surface area contributed by atoms with Gasteiger partial charge in [-0.1, -0.05) is 99.1 Å².